The lowest BCUT2D eigenvalue weighted by molar-refractivity contribution is 0.100. The lowest BCUT2D eigenvalue weighted by Crippen LogP contribution is -2.15. The smallest absolute Gasteiger partial charge is 0.176 e. The number of aryl methyl sites for hydroxylation is 1. The van der Waals surface area contributed by atoms with Crippen LogP contribution in [0.15, 0.2) is 12.1 Å². The molecule has 0 heterocycles. The van der Waals surface area contributed by atoms with Gasteiger partial charge in [0.05, 0.1) is 11.6 Å². The Kier molecular flexibility index (Phi) is 3.01. The first-order valence-electron chi connectivity index (χ1n) is 3.75. The third kappa shape index (κ3) is 2.05. The minimum atomic E-state index is -0.593. The van der Waals surface area contributed by atoms with Crippen LogP contribution in [0.25, 0.3) is 0 Å². The van der Waals surface area contributed by atoms with E-state index in [9.17, 15) is 9.18 Å². The van der Waals surface area contributed by atoms with Gasteiger partial charge in [-0.2, -0.15) is 0 Å². The number of carbonyl (C=O) groups excluding carboxylic acids is 1. The maximum Gasteiger partial charge on any atom is 0.176 e. The van der Waals surface area contributed by atoms with Gasteiger partial charge in [-0.25, -0.2) is 4.39 Å². The molecule has 0 spiro atoms. The molecule has 0 bridgehead atoms. The third-order valence-corrected chi connectivity index (χ3v) is 2.04. The maximum atomic E-state index is 12.9. The molecular formula is C9H9ClFNO. The Bertz CT molecular complexity index is 352. The van der Waals surface area contributed by atoms with Crippen molar-refractivity contribution in [2.45, 2.75) is 6.92 Å². The zero-order chi connectivity index (χ0) is 10.0. The van der Waals surface area contributed by atoms with E-state index in [0.29, 0.717) is 11.1 Å². The van der Waals surface area contributed by atoms with Gasteiger partial charge in [0.2, 0.25) is 0 Å². The number of nitrogens with two attached hydrogens (primary N) is 1. The molecule has 0 saturated heterocycles. The summed E-state index contributed by atoms with van der Waals surface area (Å²) in [5.41, 5.74) is 6.09. The molecule has 1 rings (SSSR count). The minimum Gasteiger partial charge on any atom is -0.324 e. The zero-order valence-electron chi connectivity index (χ0n) is 7.10. The molecule has 0 amide bonds. The normalized spacial score (nSPS) is 10.2. The van der Waals surface area contributed by atoms with Crippen molar-refractivity contribution in [3.63, 3.8) is 0 Å². The van der Waals surface area contributed by atoms with Crippen LogP contribution in [0.3, 0.4) is 0 Å². The van der Waals surface area contributed by atoms with E-state index in [2.05, 4.69) is 0 Å². The van der Waals surface area contributed by atoms with Crippen LogP contribution >= 0.6 is 11.6 Å². The summed E-state index contributed by atoms with van der Waals surface area (Å²) in [7, 11) is 0. The number of halogens is 2. The fourth-order valence-electron chi connectivity index (χ4n) is 1.06. The average molecular weight is 202 g/mol. The molecule has 0 aliphatic rings. The van der Waals surface area contributed by atoms with Gasteiger partial charge in [0.15, 0.2) is 5.78 Å². The fraction of sp³-hybridized carbons (Fsp3) is 0.222. The Labute approximate surface area is 80.5 Å². The summed E-state index contributed by atoms with van der Waals surface area (Å²) < 4.78 is 12.9. The van der Waals surface area contributed by atoms with Gasteiger partial charge in [-0.1, -0.05) is 11.6 Å². The van der Waals surface area contributed by atoms with Crippen LogP contribution in [-0.4, -0.2) is 12.3 Å². The summed E-state index contributed by atoms with van der Waals surface area (Å²) in [6.07, 6.45) is 0. The fourth-order valence-corrected chi connectivity index (χ4v) is 1.27. The van der Waals surface area contributed by atoms with Crippen molar-refractivity contribution in [3.8, 4) is 0 Å². The van der Waals surface area contributed by atoms with Crippen LogP contribution in [0.2, 0.25) is 5.02 Å². The van der Waals surface area contributed by atoms with Gasteiger partial charge in [0.25, 0.3) is 0 Å². The molecule has 0 atom stereocenters. The zero-order valence-corrected chi connectivity index (χ0v) is 7.86. The Morgan fingerprint density at radius 3 is 2.77 bits per heavy atom. The van der Waals surface area contributed by atoms with Crippen LogP contribution in [0.4, 0.5) is 4.39 Å². The Balaban J connectivity index is 3.23. The van der Waals surface area contributed by atoms with Crippen molar-refractivity contribution in [1.82, 2.24) is 0 Å². The Morgan fingerprint density at radius 1 is 1.62 bits per heavy atom. The minimum absolute atomic E-state index is 0.0195. The lowest BCUT2D eigenvalue weighted by atomic mass is 10.0. The van der Waals surface area contributed by atoms with Gasteiger partial charge < -0.3 is 5.73 Å². The summed E-state index contributed by atoms with van der Waals surface area (Å²) in [6.45, 7) is 1.57. The lowest BCUT2D eigenvalue weighted by Gasteiger charge is -2.04. The molecule has 2 nitrogen and oxygen atoms in total. The van der Waals surface area contributed by atoms with E-state index in [4.69, 9.17) is 17.3 Å². The first kappa shape index (κ1) is 10.2. The molecule has 0 aromatic heterocycles. The van der Waals surface area contributed by atoms with Gasteiger partial charge in [-0.3, -0.25) is 4.79 Å². The van der Waals surface area contributed by atoms with Crippen LogP contribution < -0.4 is 5.73 Å². The molecule has 13 heavy (non-hydrogen) atoms. The van der Waals surface area contributed by atoms with E-state index in [1.54, 1.807) is 6.92 Å². The molecule has 0 fully saturated rings. The number of rotatable bonds is 2. The van der Waals surface area contributed by atoms with Crippen LogP contribution in [0.1, 0.15) is 15.9 Å². The molecule has 0 radical (unpaired) electrons. The molecule has 0 aliphatic heterocycles. The second kappa shape index (κ2) is 3.85. The summed E-state index contributed by atoms with van der Waals surface area (Å²) >= 11 is 5.52. The number of ketones is 1. The molecule has 0 unspecified atom stereocenters. The number of hydrogen-bond acceptors (Lipinski definition) is 2. The first-order chi connectivity index (χ1) is 6.06. The van der Waals surface area contributed by atoms with Gasteiger partial charge in [-0.15, -0.1) is 0 Å². The molecular weight excluding hydrogens is 193 g/mol. The van der Waals surface area contributed by atoms with E-state index in [1.807, 2.05) is 0 Å². The van der Waals surface area contributed by atoms with E-state index in [1.165, 1.54) is 6.07 Å². The number of Topliss-reactive ketones (excluding diaryl/α,β-unsaturated/α-hetero) is 1. The molecule has 1 aromatic rings. The third-order valence-electron chi connectivity index (χ3n) is 1.75. The molecule has 1 aromatic carbocycles. The van der Waals surface area contributed by atoms with Crippen molar-refractivity contribution in [1.29, 1.82) is 0 Å². The van der Waals surface area contributed by atoms with Crippen molar-refractivity contribution < 1.29 is 9.18 Å². The van der Waals surface area contributed by atoms with Gasteiger partial charge >= 0.3 is 0 Å². The number of hydrogen-bond donors (Lipinski definition) is 1. The van der Waals surface area contributed by atoms with Crippen LogP contribution in [0.5, 0.6) is 0 Å². The average Bonchev–Trinajstić information content (AvgIpc) is 2.10. The Morgan fingerprint density at radius 2 is 2.23 bits per heavy atom. The summed E-state index contributed by atoms with van der Waals surface area (Å²) in [4.78, 5) is 11.2. The largest absolute Gasteiger partial charge is 0.324 e. The highest BCUT2D eigenvalue weighted by Gasteiger charge is 2.10. The van der Waals surface area contributed by atoms with Crippen LogP contribution in [-0.2, 0) is 0 Å². The molecule has 4 heteroatoms. The summed E-state index contributed by atoms with van der Waals surface area (Å²) in [6, 6.07) is 2.53. The van der Waals surface area contributed by atoms with E-state index in [0.717, 1.165) is 6.07 Å². The van der Waals surface area contributed by atoms with Gasteiger partial charge in [0, 0.05) is 5.56 Å². The standard InChI is InChI=1S/C9H9ClFNO/c1-5-2-7(10)8(11)3-6(5)9(13)4-12/h2-3H,4,12H2,1H3. The van der Waals surface area contributed by atoms with Crippen molar-refractivity contribution in [2.75, 3.05) is 6.54 Å². The maximum absolute atomic E-state index is 12.9. The quantitative estimate of drug-likeness (QED) is 0.743. The topological polar surface area (TPSA) is 43.1 Å². The van der Waals surface area contributed by atoms with Gasteiger partial charge in [-0.05, 0) is 24.6 Å². The SMILES string of the molecule is Cc1cc(Cl)c(F)cc1C(=O)CN. The molecule has 2 N–H and O–H groups in total. The first-order valence-corrected chi connectivity index (χ1v) is 4.13. The van der Waals surface area contributed by atoms with Gasteiger partial charge in [0.1, 0.15) is 5.82 Å². The highest BCUT2D eigenvalue weighted by Crippen LogP contribution is 2.19. The Hall–Kier alpha value is -0.930. The van der Waals surface area contributed by atoms with E-state index >= 15 is 0 Å². The monoisotopic (exact) mass is 201 g/mol. The predicted octanol–water partition coefficient (Wildman–Crippen LogP) is 1.93. The predicted molar refractivity (Wildman–Crippen MR) is 49.5 cm³/mol. The second-order valence-corrected chi connectivity index (χ2v) is 3.12. The number of benzene rings is 1. The highest BCUT2D eigenvalue weighted by atomic mass is 35.5. The number of carbonyl (C=O) groups is 1. The van der Waals surface area contributed by atoms with E-state index in [-0.39, 0.29) is 17.4 Å². The summed E-state index contributed by atoms with van der Waals surface area (Å²) in [5, 5.41) is 0.0195. The van der Waals surface area contributed by atoms with E-state index < -0.39 is 5.82 Å². The van der Waals surface area contributed by atoms with Crippen molar-refractivity contribution in [2.24, 2.45) is 5.73 Å². The van der Waals surface area contributed by atoms with Crippen molar-refractivity contribution in [3.05, 3.63) is 34.1 Å². The molecule has 0 aliphatic carbocycles. The summed E-state index contributed by atoms with van der Waals surface area (Å²) in [5.74, 6) is -0.878. The highest BCUT2D eigenvalue weighted by molar-refractivity contribution is 6.31. The molecule has 0 saturated carbocycles. The van der Waals surface area contributed by atoms with Crippen LogP contribution in [0, 0.1) is 12.7 Å². The second-order valence-electron chi connectivity index (χ2n) is 2.71. The van der Waals surface area contributed by atoms with Crippen molar-refractivity contribution >= 4 is 17.4 Å². The molecule has 70 valence electrons.